The number of ketones is 1. The van der Waals surface area contributed by atoms with Crippen molar-refractivity contribution in [2.24, 2.45) is 10.8 Å². The third-order valence-electron chi connectivity index (χ3n) is 3.59. The van der Waals surface area contributed by atoms with E-state index < -0.39 is 0 Å². The van der Waals surface area contributed by atoms with Crippen LogP contribution in [0.2, 0.25) is 0 Å². The minimum Gasteiger partial charge on any atom is -0.289 e. The number of Topliss-reactive ketones (excluding diaryl/α,β-unsaturated/α-hetero) is 1. The quantitative estimate of drug-likeness (QED) is 0.624. The zero-order valence-electron chi connectivity index (χ0n) is 13.9. The van der Waals surface area contributed by atoms with Gasteiger partial charge in [-0.3, -0.25) is 4.79 Å². The molecule has 1 aliphatic carbocycles. The molecule has 3 heteroatoms. The summed E-state index contributed by atoms with van der Waals surface area (Å²) >= 11 is 0. The van der Waals surface area contributed by atoms with E-state index in [0.717, 1.165) is 5.57 Å². The van der Waals surface area contributed by atoms with Gasteiger partial charge in [0.25, 0.3) is 0 Å². The summed E-state index contributed by atoms with van der Waals surface area (Å²) in [5.41, 5.74) is 2.03. The molecule has 0 saturated heterocycles. The molecule has 0 aromatic heterocycles. The number of carbonyl (C=O) groups excluding carboxylic acids is 1. The van der Waals surface area contributed by atoms with Gasteiger partial charge in [-0.05, 0) is 29.4 Å². The number of nitrogens with zero attached hydrogens (tertiary/aromatic N) is 2. The van der Waals surface area contributed by atoms with Gasteiger partial charge in [-0.15, -0.1) is 0 Å². The molecule has 0 N–H and O–H groups in total. The van der Waals surface area contributed by atoms with Gasteiger partial charge in [0, 0.05) is 16.7 Å². The first-order valence-electron chi connectivity index (χ1n) is 6.98. The Morgan fingerprint density at radius 2 is 1.48 bits per heavy atom. The van der Waals surface area contributed by atoms with Crippen molar-refractivity contribution in [2.45, 2.75) is 48.5 Å². The highest BCUT2D eigenvalue weighted by atomic mass is 16.1. The summed E-state index contributed by atoms with van der Waals surface area (Å²) < 4.78 is 0. The second kappa shape index (κ2) is 5.34. The summed E-state index contributed by atoms with van der Waals surface area (Å²) in [6.45, 7) is 13.6. The Balaban J connectivity index is 3.81. The molecule has 3 nitrogen and oxygen atoms in total. The van der Waals surface area contributed by atoms with E-state index in [1.807, 2.05) is 60.6 Å². The molecule has 0 aliphatic heterocycles. The van der Waals surface area contributed by atoms with Crippen molar-refractivity contribution in [3.63, 3.8) is 0 Å². The van der Waals surface area contributed by atoms with Crippen LogP contribution in [-0.4, -0.2) is 5.78 Å². The first-order valence-corrected chi connectivity index (χ1v) is 6.98. The van der Waals surface area contributed by atoms with Crippen LogP contribution in [0, 0.1) is 33.5 Å². The summed E-state index contributed by atoms with van der Waals surface area (Å²) in [5.74, 6) is 0.0199. The molecule has 0 saturated carbocycles. The lowest BCUT2D eigenvalue weighted by Gasteiger charge is -2.33. The third-order valence-corrected chi connectivity index (χ3v) is 3.59. The average Bonchev–Trinajstić information content (AvgIpc) is 2.29. The van der Waals surface area contributed by atoms with Gasteiger partial charge in [-0.25, -0.2) is 0 Å². The normalized spacial score (nSPS) is 16.3. The van der Waals surface area contributed by atoms with E-state index in [1.165, 1.54) is 0 Å². The van der Waals surface area contributed by atoms with Crippen LogP contribution in [0.3, 0.4) is 0 Å². The first kappa shape index (κ1) is 16.9. The lowest BCUT2D eigenvalue weighted by atomic mass is 9.69. The highest BCUT2D eigenvalue weighted by molar-refractivity contribution is 6.12. The van der Waals surface area contributed by atoms with E-state index in [2.05, 4.69) is 0 Å². The fourth-order valence-corrected chi connectivity index (χ4v) is 2.62. The standard InChI is InChI=1S/C18H22N2O/c1-11-13(12(9-19)10-20)8-14(17(2,3)4)16(21)15(11)18(5,6)7/h8H,1-7H3. The van der Waals surface area contributed by atoms with E-state index in [-0.39, 0.29) is 22.2 Å². The van der Waals surface area contributed by atoms with Gasteiger partial charge in [0.2, 0.25) is 0 Å². The molecule has 0 atom stereocenters. The van der Waals surface area contributed by atoms with Crippen molar-refractivity contribution in [3.05, 3.63) is 33.9 Å². The molecule has 0 amide bonds. The number of hydrogen-bond donors (Lipinski definition) is 0. The maximum Gasteiger partial charge on any atom is 0.186 e. The van der Waals surface area contributed by atoms with Gasteiger partial charge in [-0.1, -0.05) is 41.5 Å². The van der Waals surface area contributed by atoms with Gasteiger partial charge in [0.05, 0.1) is 0 Å². The molecule has 0 heterocycles. The Morgan fingerprint density at radius 3 is 1.81 bits per heavy atom. The van der Waals surface area contributed by atoms with Crippen LogP contribution in [0.25, 0.3) is 0 Å². The molecule has 0 aromatic rings. The van der Waals surface area contributed by atoms with E-state index in [9.17, 15) is 15.3 Å². The van der Waals surface area contributed by atoms with E-state index in [1.54, 1.807) is 6.08 Å². The molecule has 1 aliphatic rings. The van der Waals surface area contributed by atoms with Crippen LogP contribution in [-0.2, 0) is 4.79 Å². The molecule has 0 fully saturated rings. The lowest BCUT2D eigenvalue weighted by Crippen LogP contribution is -2.29. The van der Waals surface area contributed by atoms with Crippen LogP contribution in [0.5, 0.6) is 0 Å². The number of carbonyl (C=O) groups is 1. The molecular weight excluding hydrogens is 260 g/mol. The Labute approximate surface area is 127 Å². The number of rotatable bonds is 0. The van der Waals surface area contributed by atoms with Gasteiger partial charge in [0.1, 0.15) is 17.7 Å². The molecule has 1 rings (SSSR count). The zero-order chi connectivity index (χ0) is 16.6. The monoisotopic (exact) mass is 282 g/mol. The molecule has 0 spiro atoms. The van der Waals surface area contributed by atoms with Crippen molar-refractivity contribution in [1.82, 2.24) is 0 Å². The smallest absolute Gasteiger partial charge is 0.186 e. The van der Waals surface area contributed by atoms with E-state index >= 15 is 0 Å². The predicted molar refractivity (Wildman–Crippen MR) is 83.0 cm³/mol. The van der Waals surface area contributed by atoms with Crippen molar-refractivity contribution >= 4 is 5.78 Å². The second-order valence-corrected chi connectivity index (χ2v) is 7.40. The molecule has 21 heavy (non-hydrogen) atoms. The summed E-state index contributed by atoms with van der Waals surface area (Å²) in [4.78, 5) is 12.9. The second-order valence-electron chi connectivity index (χ2n) is 7.40. The number of nitriles is 2. The summed E-state index contributed by atoms with van der Waals surface area (Å²) in [7, 11) is 0. The van der Waals surface area contributed by atoms with Crippen LogP contribution in [0.1, 0.15) is 48.5 Å². The maximum absolute atomic E-state index is 12.9. The minimum atomic E-state index is -0.340. The van der Waals surface area contributed by atoms with Crippen molar-refractivity contribution in [2.75, 3.05) is 0 Å². The molecule has 110 valence electrons. The fraction of sp³-hybridized carbons (Fsp3) is 0.500. The predicted octanol–water partition coefficient (Wildman–Crippen LogP) is 4.25. The van der Waals surface area contributed by atoms with Gasteiger partial charge in [-0.2, -0.15) is 10.5 Å². The van der Waals surface area contributed by atoms with Crippen LogP contribution in [0.4, 0.5) is 0 Å². The van der Waals surface area contributed by atoms with Crippen molar-refractivity contribution in [1.29, 1.82) is 10.5 Å². The largest absolute Gasteiger partial charge is 0.289 e. The number of allylic oxidation sites excluding steroid dienone is 6. The summed E-state index contributed by atoms with van der Waals surface area (Å²) in [6, 6.07) is 3.88. The van der Waals surface area contributed by atoms with Crippen molar-refractivity contribution < 1.29 is 4.79 Å². The first-order chi connectivity index (χ1) is 9.45. The molecule has 0 radical (unpaired) electrons. The Hall–Kier alpha value is -2.13. The zero-order valence-corrected chi connectivity index (χ0v) is 13.9. The van der Waals surface area contributed by atoms with Gasteiger partial charge in [0.15, 0.2) is 5.78 Å². The molecular formula is C18H22N2O. The molecule has 0 unspecified atom stereocenters. The topological polar surface area (TPSA) is 64.7 Å². The summed E-state index contributed by atoms with van der Waals surface area (Å²) in [6.07, 6.45) is 1.72. The minimum absolute atomic E-state index is 0.0199. The van der Waals surface area contributed by atoms with Gasteiger partial charge < -0.3 is 0 Å². The van der Waals surface area contributed by atoms with Crippen LogP contribution < -0.4 is 0 Å². The molecule has 0 aromatic carbocycles. The highest BCUT2D eigenvalue weighted by Crippen LogP contribution is 2.42. The average molecular weight is 282 g/mol. The Kier molecular flexibility index (Phi) is 4.30. The van der Waals surface area contributed by atoms with Crippen LogP contribution in [0.15, 0.2) is 33.9 Å². The number of hydrogen-bond acceptors (Lipinski definition) is 3. The van der Waals surface area contributed by atoms with Crippen LogP contribution >= 0.6 is 0 Å². The summed E-state index contributed by atoms with van der Waals surface area (Å²) in [5, 5.41) is 18.3. The lowest BCUT2D eigenvalue weighted by molar-refractivity contribution is -0.114. The fourth-order valence-electron chi connectivity index (χ4n) is 2.62. The van der Waals surface area contributed by atoms with E-state index in [0.29, 0.717) is 16.7 Å². The highest BCUT2D eigenvalue weighted by Gasteiger charge is 2.37. The van der Waals surface area contributed by atoms with E-state index in [4.69, 9.17) is 0 Å². The Morgan fingerprint density at radius 1 is 1.00 bits per heavy atom. The maximum atomic E-state index is 12.9. The Bertz CT molecular complexity index is 644. The van der Waals surface area contributed by atoms with Crippen molar-refractivity contribution in [3.8, 4) is 12.1 Å². The van der Waals surface area contributed by atoms with Gasteiger partial charge >= 0.3 is 0 Å². The third kappa shape index (κ3) is 3.14. The SMILES string of the molecule is CC1=C(C(C)(C)C)C(=O)C(C(C)(C)C)=CC1=C(C#N)C#N. The molecule has 0 bridgehead atoms.